The topological polar surface area (TPSA) is 110 Å². The maximum Gasteiger partial charge on any atom is 0.335 e. The molecule has 0 spiro atoms. The number of hydrogen-bond acceptors (Lipinski definition) is 4. The molecule has 0 fully saturated rings. The normalized spacial score (nSPS) is 9.90. The first-order valence-corrected chi connectivity index (χ1v) is 5.87. The van der Waals surface area contributed by atoms with E-state index in [9.17, 15) is 19.7 Å². The fraction of sp³-hybridized carbons (Fsp3) is 0. The summed E-state index contributed by atoms with van der Waals surface area (Å²) in [5.74, 6) is -1.79. The highest BCUT2D eigenvalue weighted by atomic mass is 16.6. The number of nitro groups is 1. The van der Waals surface area contributed by atoms with Crippen LogP contribution in [-0.2, 0) is 0 Å². The Morgan fingerprint density at radius 3 is 2.29 bits per heavy atom. The maximum absolute atomic E-state index is 12.0. The van der Waals surface area contributed by atoms with Crippen molar-refractivity contribution in [2.75, 3.05) is 5.32 Å². The van der Waals surface area contributed by atoms with E-state index in [2.05, 4.69) is 5.32 Å². The van der Waals surface area contributed by atoms with Crippen LogP contribution in [0.2, 0.25) is 0 Å². The van der Waals surface area contributed by atoms with E-state index in [0.717, 1.165) is 18.2 Å². The summed E-state index contributed by atoms with van der Waals surface area (Å²) >= 11 is 0. The van der Waals surface area contributed by atoms with Gasteiger partial charge in [-0.25, -0.2) is 4.79 Å². The number of anilines is 1. The zero-order valence-electron chi connectivity index (χ0n) is 10.6. The summed E-state index contributed by atoms with van der Waals surface area (Å²) in [5, 5.41) is 22.2. The van der Waals surface area contributed by atoms with Crippen LogP contribution in [0.5, 0.6) is 0 Å². The Hall–Kier alpha value is -3.22. The fourth-order valence-corrected chi connectivity index (χ4v) is 1.71. The number of carbonyl (C=O) groups is 2. The lowest BCUT2D eigenvalue weighted by atomic mass is 10.1. The van der Waals surface area contributed by atoms with E-state index in [4.69, 9.17) is 5.11 Å². The Morgan fingerprint density at radius 2 is 1.71 bits per heavy atom. The van der Waals surface area contributed by atoms with Gasteiger partial charge in [0.25, 0.3) is 11.6 Å². The van der Waals surface area contributed by atoms with E-state index in [1.165, 1.54) is 0 Å². The van der Waals surface area contributed by atoms with Gasteiger partial charge in [0.1, 0.15) is 5.69 Å². The second kappa shape index (κ2) is 5.83. The predicted molar refractivity (Wildman–Crippen MR) is 74.5 cm³/mol. The minimum Gasteiger partial charge on any atom is -0.478 e. The van der Waals surface area contributed by atoms with Gasteiger partial charge in [0.2, 0.25) is 0 Å². The first-order chi connectivity index (χ1) is 9.99. The average Bonchev–Trinajstić information content (AvgIpc) is 2.47. The Labute approximate surface area is 119 Å². The van der Waals surface area contributed by atoms with Crippen molar-refractivity contribution in [3.8, 4) is 0 Å². The number of carboxylic acid groups (broad SMARTS) is 1. The van der Waals surface area contributed by atoms with Crippen LogP contribution in [0.15, 0.2) is 48.5 Å². The van der Waals surface area contributed by atoms with Crippen molar-refractivity contribution < 1.29 is 19.6 Å². The van der Waals surface area contributed by atoms with E-state index < -0.39 is 16.8 Å². The van der Waals surface area contributed by atoms with Crippen molar-refractivity contribution in [1.29, 1.82) is 0 Å². The molecule has 0 aromatic heterocycles. The third-order valence-electron chi connectivity index (χ3n) is 2.72. The maximum atomic E-state index is 12.0. The molecule has 0 aliphatic heterocycles. The van der Waals surface area contributed by atoms with Gasteiger partial charge < -0.3 is 10.4 Å². The quantitative estimate of drug-likeness (QED) is 0.663. The summed E-state index contributed by atoms with van der Waals surface area (Å²) in [6, 6.07) is 11.3. The van der Waals surface area contributed by atoms with Gasteiger partial charge in [-0.2, -0.15) is 0 Å². The van der Waals surface area contributed by atoms with Crippen LogP contribution in [0.4, 0.5) is 11.4 Å². The minimum atomic E-state index is -1.24. The van der Waals surface area contributed by atoms with Crippen LogP contribution in [0, 0.1) is 10.1 Å². The fourth-order valence-electron chi connectivity index (χ4n) is 1.71. The SMILES string of the molecule is O=C(O)c1ccc([N+](=O)[O-])c(NC(=O)c2ccccc2)c1. The number of nitro benzene ring substituents is 1. The van der Waals surface area contributed by atoms with Gasteiger partial charge in [0.15, 0.2) is 0 Å². The molecule has 0 radical (unpaired) electrons. The van der Waals surface area contributed by atoms with Crippen molar-refractivity contribution in [3.63, 3.8) is 0 Å². The molecule has 0 aliphatic rings. The lowest BCUT2D eigenvalue weighted by Gasteiger charge is -2.07. The van der Waals surface area contributed by atoms with E-state index in [-0.39, 0.29) is 16.9 Å². The molecular formula is C14H10N2O5. The van der Waals surface area contributed by atoms with Crippen LogP contribution >= 0.6 is 0 Å². The third-order valence-corrected chi connectivity index (χ3v) is 2.72. The second-order valence-corrected chi connectivity index (χ2v) is 4.11. The molecule has 0 atom stereocenters. The highest BCUT2D eigenvalue weighted by molar-refractivity contribution is 6.06. The molecule has 0 aliphatic carbocycles. The zero-order chi connectivity index (χ0) is 15.4. The van der Waals surface area contributed by atoms with E-state index >= 15 is 0 Å². The summed E-state index contributed by atoms with van der Waals surface area (Å²) in [7, 11) is 0. The molecule has 0 saturated carbocycles. The summed E-state index contributed by atoms with van der Waals surface area (Å²) < 4.78 is 0. The molecular weight excluding hydrogens is 276 g/mol. The third kappa shape index (κ3) is 3.21. The Bertz CT molecular complexity index is 713. The number of nitrogens with zero attached hydrogens (tertiary/aromatic N) is 1. The smallest absolute Gasteiger partial charge is 0.335 e. The Kier molecular flexibility index (Phi) is 3.94. The van der Waals surface area contributed by atoms with Crippen molar-refractivity contribution in [3.05, 3.63) is 69.8 Å². The molecule has 2 N–H and O–H groups in total. The first kappa shape index (κ1) is 14.2. The van der Waals surface area contributed by atoms with Crippen LogP contribution in [-0.4, -0.2) is 21.9 Å². The predicted octanol–water partition coefficient (Wildman–Crippen LogP) is 2.55. The van der Waals surface area contributed by atoms with Gasteiger partial charge in [-0.3, -0.25) is 14.9 Å². The summed E-state index contributed by atoms with van der Waals surface area (Å²) in [5.41, 5.74) is -0.366. The van der Waals surface area contributed by atoms with Crippen LogP contribution in [0.25, 0.3) is 0 Å². The summed E-state index contributed by atoms with van der Waals surface area (Å²) in [6.45, 7) is 0. The van der Waals surface area contributed by atoms with Crippen LogP contribution in [0.1, 0.15) is 20.7 Å². The zero-order valence-corrected chi connectivity index (χ0v) is 10.6. The van der Waals surface area contributed by atoms with E-state index in [1.54, 1.807) is 30.3 Å². The van der Waals surface area contributed by atoms with Gasteiger partial charge in [-0.05, 0) is 24.3 Å². The standard InChI is InChI=1S/C14H10N2O5/c17-13(9-4-2-1-3-5-9)15-11-8-10(14(18)19)6-7-12(11)16(20)21/h1-8H,(H,15,17)(H,18,19). The lowest BCUT2D eigenvalue weighted by molar-refractivity contribution is -0.383. The van der Waals surface area contributed by atoms with Gasteiger partial charge in [-0.15, -0.1) is 0 Å². The molecule has 106 valence electrons. The highest BCUT2D eigenvalue weighted by Gasteiger charge is 2.18. The number of benzene rings is 2. The molecule has 21 heavy (non-hydrogen) atoms. The molecule has 0 bridgehead atoms. The largest absolute Gasteiger partial charge is 0.478 e. The van der Waals surface area contributed by atoms with Gasteiger partial charge >= 0.3 is 5.97 Å². The van der Waals surface area contributed by atoms with Crippen molar-refractivity contribution in [2.45, 2.75) is 0 Å². The second-order valence-electron chi connectivity index (χ2n) is 4.11. The van der Waals surface area contributed by atoms with E-state index in [1.807, 2.05) is 0 Å². The molecule has 0 unspecified atom stereocenters. The van der Waals surface area contributed by atoms with Crippen LogP contribution < -0.4 is 5.32 Å². The number of amides is 1. The Morgan fingerprint density at radius 1 is 1.05 bits per heavy atom. The molecule has 0 heterocycles. The molecule has 2 aromatic carbocycles. The molecule has 1 amide bonds. The Balaban J connectivity index is 2.37. The molecule has 7 nitrogen and oxygen atoms in total. The van der Waals surface area contributed by atoms with Gasteiger partial charge in [-0.1, -0.05) is 18.2 Å². The monoisotopic (exact) mass is 286 g/mol. The molecule has 0 saturated heterocycles. The van der Waals surface area contributed by atoms with E-state index in [0.29, 0.717) is 5.56 Å². The number of rotatable bonds is 4. The highest BCUT2D eigenvalue weighted by Crippen LogP contribution is 2.26. The molecule has 2 aromatic rings. The average molecular weight is 286 g/mol. The number of hydrogen-bond donors (Lipinski definition) is 2. The van der Waals surface area contributed by atoms with Gasteiger partial charge in [0, 0.05) is 11.6 Å². The summed E-state index contributed by atoms with van der Waals surface area (Å²) in [6.07, 6.45) is 0. The van der Waals surface area contributed by atoms with Crippen molar-refractivity contribution in [2.24, 2.45) is 0 Å². The van der Waals surface area contributed by atoms with Gasteiger partial charge in [0.05, 0.1) is 10.5 Å². The minimum absolute atomic E-state index is 0.149. The van der Waals surface area contributed by atoms with Crippen molar-refractivity contribution >= 4 is 23.3 Å². The first-order valence-electron chi connectivity index (χ1n) is 5.87. The number of nitrogens with one attached hydrogen (secondary N) is 1. The number of carboxylic acids is 1. The lowest BCUT2D eigenvalue weighted by Crippen LogP contribution is -2.13. The summed E-state index contributed by atoms with van der Waals surface area (Å²) in [4.78, 5) is 33.1. The van der Waals surface area contributed by atoms with Crippen LogP contribution in [0.3, 0.4) is 0 Å². The molecule has 2 rings (SSSR count). The number of carbonyl (C=O) groups excluding carboxylic acids is 1. The number of aromatic carboxylic acids is 1. The molecule has 7 heteroatoms. The van der Waals surface area contributed by atoms with Crippen molar-refractivity contribution in [1.82, 2.24) is 0 Å².